The molecule has 2 aliphatic carbocycles. The standard InChI is InChI=1S/C16H28N2OS/c1-12(11-20-2)18-14(13-7-3-4-8-13)17-16(15(18)19)9-5-6-10-16/h12-14,17H,3-11H2,1-2H3. The zero-order chi connectivity index (χ0) is 14.2. The van der Waals surface area contributed by atoms with Crippen molar-refractivity contribution in [2.45, 2.75) is 76.0 Å². The third kappa shape index (κ3) is 2.39. The molecule has 0 aromatic rings. The van der Waals surface area contributed by atoms with Gasteiger partial charge >= 0.3 is 0 Å². The minimum atomic E-state index is -0.195. The van der Waals surface area contributed by atoms with E-state index in [0.717, 1.165) is 18.6 Å². The zero-order valence-corrected chi connectivity index (χ0v) is 13.7. The molecule has 3 aliphatic rings. The van der Waals surface area contributed by atoms with Crippen molar-refractivity contribution < 1.29 is 4.79 Å². The van der Waals surface area contributed by atoms with E-state index in [1.807, 2.05) is 11.8 Å². The van der Waals surface area contributed by atoms with Crippen molar-refractivity contribution in [1.82, 2.24) is 10.2 Å². The second kappa shape index (κ2) is 5.88. The summed E-state index contributed by atoms with van der Waals surface area (Å²) in [6.45, 7) is 2.23. The maximum absolute atomic E-state index is 13.1. The summed E-state index contributed by atoms with van der Waals surface area (Å²) >= 11 is 1.85. The monoisotopic (exact) mass is 296 g/mol. The molecule has 0 aromatic heterocycles. The maximum Gasteiger partial charge on any atom is 0.244 e. The first kappa shape index (κ1) is 14.7. The van der Waals surface area contributed by atoms with Crippen LogP contribution in [0.15, 0.2) is 0 Å². The smallest absolute Gasteiger partial charge is 0.244 e. The summed E-state index contributed by atoms with van der Waals surface area (Å²) in [6, 6.07) is 0.357. The molecular formula is C16H28N2OS. The van der Waals surface area contributed by atoms with Crippen LogP contribution in [0, 0.1) is 5.92 Å². The first-order valence-electron chi connectivity index (χ1n) is 8.27. The number of nitrogens with zero attached hydrogens (tertiary/aromatic N) is 1. The van der Waals surface area contributed by atoms with Crippen molar-refractivity contribution in [3.05, 3.63) is 0 Å². The van der Waals surface area contributed by atoms with E-state index in [1.165, 1.54) is 38.5 Å². The number of carbonyl (C=O) groups is 1. The number of thioether (sulfide) groups is 1. The lowest BCUT2D eigenvalue weighted by Crippen LogP contribution is -2.48. The molecule has 1 N–H and O–H groups in total. The van der Waals surface area contributed by atoms with Crippen LogP contribution in [-0.4, -0.2) is 40.6 Å². The molecule has 3 fully saturated rings. The van der Waals surface area contributed by atoms with E-state index in [-0.39, 0.29) is 5.54 Å². The van der Waals surface area contributed by atoms with E-state index < -0.39 is 0 Å². The second-order valence-corrected chi connectivity index (χ2v) is 7.85. The molecule has 1 amide bonds. The fourth-order valence-electron chi connectivity index (χ4n) is 4.54. The third-order valence-corrected chi connectivity index (χ3v) is 6.37. The molecule has 4 heteroatoms. The fraction of sp³-hybridized carbons (Fsp3) is 0.938. The van der Waals surface area contributed by atoms with Crippen LogP contribution in [0.2, 0.25) is 0 Å². The Bertz CT molecular complexity index is 361. The first-order chi connectivity index (χ1) is 9.68. The predicted octanol–water partition coefficient (Wildman–Crippen LogP) is 3.00. The number of amides is 1. The second-order valence-electron chi connectivity index (χ2n) is 6.94. The number of nitrogens with one attached hydrogen (secondary N) is 1. The Labute approximate surface area is 127 Å². The summed E-state index contributed by atoms with van der Waals surface area (Å²) < 4.78 is 0. The van der Waals surface area contributed by atoms with Crippen LogP contribution in [0.3, 0.4) is 0 Å². The molecule has 20 heavy (non-hydrogen) atoms. The molecule has 0 aromatic carbocycles. The molecule has 114 valence electrons. The fourth-order valence-corrected chi connectivity index (χ4v) is 5.18. The van der Waals surface area contributed by atoms with Crippen molar-refractivity contribution >= 4 is 17.7 Å². The highest BCUT2D eigenvalue weighted by Crippen LogP contribution is 2.42. The van der Waals surface area contributed by atoms with Crippen molar-refractivity contribution in [1.29, 1.82) is 0 Å². The van der Waals surface area contributed by atoms with Gasteiger partial charge in [-0.15, -0.1) is 0 Å². The molecule has 2 unspecified atom stereocenters. The van der Waals surface area contributed by atoms with Crippen LogP contribution in [-0.2, 0) is 4.79 Å². The van der Waals surface area contributed by atoms with Gasteiger partial charge < -0.3 is 4.90 Å². The minimum absolute atomic E-state index is 0.195. The van der Waals surface area contributed by atoms with Gasteiger partial charge in [0.15, 0.2) is 0 Å². The molecule has 1 aliphatic heterocycles. The van der Waals surface area contributed by atoms with Gasteiger partial charge in [-0.25, -0.2) is 0 Å². The van der Waals surface area contributed by atoms with Crippen molar-refractivity contribution in [2.75, 3.05) is 12.0 Å². The highest BCUT2D eigenvalue weighted by Gasteiger charge is 2.55. The van der Waals surface area contributed by atoms with E-state index in [0.29, 0.717) is 24.0 Å². The molecule has 1 spiro atoms. The largest absolute Gasteiger partial charge is 0.322 e. The average molecular weight is 296 g/mol. The van der Waals surface area contributed by atoms with Gasteiger partial charge in [-0.1, -0.05) is 25.7 Å². The molecule has 2 atom stereocenters. The minimum Gasteiger partial charge on any atom is -0.322 e. The van der Waals surface area contributed by atoms with Crippen LogP contribution in [0.4, 0.5) is 0 Å². The molecule has 3 nitrogen and oxygen atoms in total. The Kier molecular flexibility index (Phi) is 4.32. The average Bonchev–Trinajstić information content (AvgIpc) is 3.14. The van der Waals surface area contributed by atoms with Crippen molar-refractivity contribution in [3.8, 4) is 0 Å². The SMILES string of the molecule is CSCC(C)N1C(=O)C2(CCCC2)NC1C1CCCC1. The Morgan fingerprint density at radius 3 is 2.55 bits per heavy atom. The van der Waals surface area contributed by atoms with Gasteiger partial charge in [-0.05, 0) is 44.8 Å². The molecule has 3 rings (SSSR count). The molecule has 1 saturated heterocycles. The lowest BCUT2D eigenvalue weighted by atomic mass is 9.97. The summed E-state index contributed by atoms with van der Waals surface area (Å²) in [7, 11) is 0. The summed E-state index contributed by atoms with van der Waals surface area (Å²) in [6.07, 6.45) is 12.2. The van der Waals surface area contributed by atoms with Crippen molar-refractivity contribution in [3.63, 3.8) is 0 Å². The molecule has 2 saturated carbocycles. The maximum atomic E-state index is 13.1. The molecule has 0 radical (unpaired) electrons. The van der Waals surface area contributed by atoms with Gasteiger partial charge in [0.05, 0.1) is 11.7 Å². The lowest BCUT2D eigenvalue weighted by Gasteiger charge is -2.33. The Morgan fingerprint density at radius 2 is 1.95 bits per heavy atom. The Hall–Kier alpha value is -0.220. The van der Waals surface area contributed by atoms with E-state index in [2.05, 4.69) is 23.4 Å². The quantitative estimate of drug-likeness (QED) is 0.865. The summed E-state index contributed by atoms with van der Waals surface area (Å²) in [5.41, 5.74) is -0.195. The Morgan fingerprint density at radius 1 is 1.30 bits per heavy atom. The van der Waals surface area contributed by atoms with E-state index >= 15 is 0 Å². The number of hydrogen-bond acceptors (Lipinski definition) is 3. The van der Waals surface area contributed by atoms with Gasteiger partial charge in [0.25, 0.3) is 0 Å². The molecule has 1 heterocycles. The van der Waals surface area contributed by atoms with E-state index in [9.17, 15) is 4.79 Å². The van der Waals surface area contributed by atoms with Gasteiger partial charge in [0.2, 0.25) is 5.91 Å². The topological polar surface area (TPSA) is 32.3 Å². The van der Waals surface area contributed by atoms with Crippen LogP contribution in [0.25, 0.3) is 0 Å². The highest BCUT2D eigenvalue weighted by molar-refractivity contribution is 7.98. The van der Waals surface area contributed by atoms with Gasteiger partial charge in [0, 0.05) is 11.8 Å². The van der Waals surface area contributed by atoms with Gasteiger partial charge in [-0.2, -0.15) is 11.8 Å². The first-order valence-corrected chi connectivity index (χ1v) is 9.67. The summed E-state index contributed by atoms with van der Waals surface area (Å²) in [5, 5.41) is 3.81. The lowest BCUT2D eigenvalue weighted by molar-refractivity contribution is -0.135. The van der Waals surface area contributed by atoms with Gasteiger partial charge in [-0.3, -0.25) is 10.1 Å². The number of carbonyl (C=O) groups excluding carboxylic acids is 1. The zero-order valence-electron chi connectivity index (χ0n) is 12.9. The van der Waals surface area contributed by atoms with Crippen LogP contribution < -0.4 is 5.32 Å². The number of hydrogen-bond donors (Lipinski definition) is 1. The predicted molar refractivity (Wildman–Crippen MR) is 84.8 cm³/mol. The van der Waals surface area contributed by atoms with E-state index in [1.54, 1.807) is 0 Å². The van der Waals surface area contributed by atoms with Crippen molar-refractivity contribution in [2.24, 2.45) is 5.92 Å². The Balaban J connectivity index is 1.83. The third-order valence-electron chi connectivity index (χ3n) is 5.55. The normalized spacial score (nSPS) is 31.6. The van der Waals surface area contributed by atoms with Crippen LogP contribution >= 0.6 is 11.8 Å². The van der Waals surface area contributed by atoms with E-state index in [4.69, 9.17) is 0 Å². The van der Waals surface area contributed by atoms with Crippen LogP contribution in [0.5, 0.6) is 0 Å². The highest BCUT2D eigenvalue weighted by atomic mass is 32.2. The van der Waals surface area contributed by atoms with Gasteiger partial charge in [0.1, 0.15) is 0 Å². The van der Waals surface area contributed by atoms with Crippen LogP contribution in [0.1, 0.15) is 58.3 Å². The summed E-state index contributed by atoms with van der Waals surface area (Å²) in [5.74, 6) is 2.14. The molecule has 0 bridgehead atoms. The number of rotatable bonds is 4. The molecular weight excluding hydrogens is 268 g/mol. The summed E-state index contributed by atoms with van der Waals surface area (Å²) in [4.78, 5) is 15.3.